The zero-order valence-electron chi connectivity index (χ0n) is 17.8. The maximum Gasteiger partial charge on any atom is 0.178 e. The van der Waals surface area contributed by atoms with Crippen molar-refractivity contribution in [1.29, 1.82) is 0 Å². The lowest BCUT2D eigenvalue weighted by Gasteiger charge is -2.24. The van der Waals surface area contributed by atoms with Gasteiger partial charge in [0, 0.05) is 42.9 Å². The minimum absolute atomic E-state index is 0.240. The minimum Gasteiger partial charge on any atom is -0.336 e. The summed E-state index contributed by atoms with van der Waals surface area (Å²) in [5.41, 5.74) is 4.21. The first-order valence-corrected chi connectivity index (χ1v) is 12.1. The molecule has 3 aromatic heterocycles. The molecule has 5 rings (SSSR count). The Morgan fingerprint density at radius 1 is 1.28 bits per heavy atom. The van der Waals surface area contributed by atoms with Gasteiger partial charge in [-0.05, 0) is 30.0 Å². The maximum atomic E-state index is 14.8. The molecular formula is C23H25FN6OS. The average Bonchev–Trinajstić information content (AvgIpc) is 3.37. The molecule has 0 spiro atoms. The number of rotatable bonds is 8. The Balaban J connectivity index is 1.33. The molecule has 1 atom stereocenters. The van der Waals surface area contributed by atoms with Gasteiger partial charge in [-0.15, -0.1) is 0 Å². The van der Waals surface area contributed by atoms with Gasteiger partial charge >= 0.3 is 0 Å². The summed E-state index contributed by atoms with van der Waals surface area (Å²) in [6, 6.07) is 6.96. The van der Waals surface area contributed by atoms with Gasteiger partial charge in [-0.3, -0.25) is 4.68 Å². The highest BCUT2D eigenvalue weighted by atomic mass is 32.2. The van der Waals surface area contributed by atoms with E-state index in [0.717, 1.165) is 34.5 Å². The third-order valence-corrected chi connectivity index (χ3v) is 7.17. The van der Waals surface area contributed by atoms with Crippen molar-refractivity contribution in [2.75, 3.05) is 5.75 Å². The van der Waals surface area contributed by atoms with E-state index >= 15 is 0 Å². The van der Waals surface area contributed by atoms with Gasteiger partial charge in [-0.2, -0.15) is 5.10 Å². The lowest BCUT2D eigenvalue weighted by Crippen LogP contribution is -2.23. The number of nitrogens with one attached hydrogen (secondary N) is 2. The number of aromatic amines is 1. The summed E-state index contributed by atoms with van der Waals surface area (Å²) >= 11 is 0. The Morgan fingerprint density at radius 3 is 2.88 bits per heavy atom. The lowest BCUT2D eigenvalue weighted by molar-refractivity contribution is 0.308. The number of hydrogen-bond donors (Lipinski definition) is 2. The molecule has 0 aliphatic heterocycles. The van der Waals surface area contributed by atoms with Crippen LogP contribution >= 0.6 is 0 Å². The molecule has 9 heteroatoms. The first-order chi connectivity index (χ1) is 15.6. The van der Waals surface area contributed by atoms with Crippen LogP contribution in [0.5, 0.6) is 0 Å². The van der Waals surface area contributed by atoms with Gasteiger partial charge < -0.3 is 4.98 Å². The molecule has 1 aliphatic rings. The van der Waals surface area contributed by atoms with Crippen molar-refractivity contribution < 1.29 is 8.60 Å². The molecule has 32 heavy (non-hydrogen) atoms. The van der Waals surface area contributed by atoms with Crippen molar-refractivity contribution in [2.45, 2.75) is 32.2 Å². The number of hydrogen-bond acceptors (Lipinski definition) is 4. The molecule has 1 aliphatic carbocycles. The summed E-state index contributed by atoms with van der Waals surface area (Å²) in [5, 5.41) is 4.18. The molecule has 0 radical (unpaired) electrons. The molecule has 1 saturated carbocycles. The summed E-state index contributed by atoms with van der Waals surface area (Å²) in [6.07, 6.45) is 10.0. The zero-order valence-corrected chi connectivity index (χ0v) is 18.7. The van der Waals surface area contributed by atoms with Crippen molar-refractivity contribution in [3.63, 3.8) is 0 Å². The number of fused-ring (bicyclic) bond motifs is 1. The van der Waals surface area contributed by atoms with Gasteiger partial charge in [-0.1, -0.05) is 31.4 Å². The van der Waals surface area contributed by atoms with E-state index in [9.17, 15) is 8.60 Å². The molecular weight excluding hydrogens is 427 g/mol. The Kier molecular flexibility index (Phi) is 5.84. The van der Waals surface area contributed by atoms with Gasteiger partial charge in [0.15, 0.2) is 5.65 Å². The van der Waals surface area contributed by atoms with Crippen LogP contribution in [0.15, 0.2) is 42.9 Å². The number of H-pyrrole nitrogens is 1. The molecule has 4 aromatic rings. The summed E-state index contributed by atoms with van der Waals surface area (Å²) in [7, 11) is 0.710. The standard InChI is InChI=1S/C23H25FN6OS/c1-30-14-18(12-26-30)22-28-21-19(7-9-25-23(21)29-22)16-5-6-17(20(24)11-16)13-27-32(31)10-8-15-3-2-4-15/h5-7,9,11-12,14-15,27H,2-4,8,10,13H2,1H3,(H,25,28,29). The third kappa shape index (κ3) is 4.35. The fraction of sp³-hybridized carbons (Fsp3) is 0.348. The van der Waals surface area contributed by atoms with E-state index in [-0.39, 0.29) is 12.4 Å². The normalized spacial score (nSPS) is 15.2. The van der Waals surface area contributed by atoms with Crippen molar-refractivity contribution in [2.24, 2.45) is 13.0 Å². The predicted octanol–water partition coefficient (Wildman–Crippen LogP) is 4.11. The van der Waals surface area contributed by atoms with E-state index in [2.05, 4.69) is 24.8 Å². The van der Waals surface area contributed by atoms with Crippen LogP contribution in [-0.4, -0.2) is 34.7 Å². The summed E-state index contributed by atoms with van der Waals surface area (Å²) in [6.45, 7) is 0.240. The SMILES string of the molecule is Cn1cc(-c2nc3nccc(-c4ccc(CNS(=O)CCC5CCC5)c(F)c4)c3[nH]2)cn1. The Morgan fingerprint density at radius 2 is 2.16 bits per heavy atom. The van der Waals surface area contributed by atoms with Crippen molar-refractivity contribution in [3.05, 3.63) is 54.2 Å². The highest BCUT2D eigenvalue weighted by Gasteiger charge is 2.18. The molecule has 7 nitrogen and oxygen atoms in total. The maximum absolute atomic E-state index is 14.8. The second-order valence-electron chi connectivity index (χ2n) is 8.31. The monoisotopic (exact) mass is 452 g/mol. The summed E-state index contributed by atoms with van der Waals surface area (Å²) in [5.74, 6) is 1.68. The first kappa shape index (κ1) is 21.0. The summed E-state index contributed by atoms with van der Waals surface area (Å²) in [4.78, 5) is 12.2. The largest absolute Gasteiger partial charge is 0.336 e. The fourth-order valence-corrected chi connectivity index (χ4v) is 4.98. The van der Waals surface area contributed by atoms with Gasteiger partial charge in [0.25, 0.3) is 0 Å². The first-order valence-electron chi connectivity index (χ1n) is 10.8. The topological polar surface area (TPSA) is 88.5 Å². The average molecular weight is 453 g/mol. The zero-order chi connectivity index (χ0) is 22.1. The van der Waals surface area contributed by atoms with Crippen molar-refractivity contribution in [3.8, 4) is 22.5 Å². The van der Waals surface area contributed by atoms with Crippen LogP contribution in [0.25, 0.3) is 33.7 Å². The molecule has 2 N–H and O–H groups in total. The minimum atomic E-state index is -1.14. The van der Waals surface area contributed by atoms with Crippen molar-refractivity contribution >= 4 is 22.1 Å². The Bertz CT molecular complexity index is 1280. The van der Waals surface area contributed by atoms with Crippen molar-refractivity contribution in [1.82, 2.24) is 29.5 Å². The van der Waals surface area contributed by atoms with Crippen LogP contribution < -0.4 is 4.72 Å². The Hall–Kier alpha value is -2.91. The van der Waals surface area contributed by atoms with Crippen LogP contribution in [0.2, 0.25) is 0 Å². The number of pyridine rings is 1. The number of aromatic nitrogens is 5. The number of aryl methyl sites for hydroxylation is 1. The van der Waals surface area contributed by atoms with Crippen LogP contribution in [0.4, 0.5) is 4.39 Å². The molecule has 1 fully saturated rings. The second kappa shape index (κ2) is 8.91. The third-order valence-electron chi connectivity index (χ3n) is 6.09. The molecule has 0 bridgehead atoms. The van der Waals surface area contributed by atoms with Gasteiger partial charge in [0.2, 0.25) is 0 Å². The van der Waals surface area contributed by atoms with E-state index in [4.69, 9.17) is 0 Å². The quantitative estimate of drug-likeness (QED) is 0.421. The molecule has 3 heterocycles. The Labute approximate surface area is 188 Å². The highest BCUT2D eigenvalue weighted by Crippen LogP contribution is 2.30. The number of benzene rings is 1. The number of nitrogens with zero attached hydrogens (tertiary/aromatic N) is 4. The van der Waals surface area contributed by atoms with E-state index in [1.165, 1.54) is 25.3 Å². The number of imidazole rings is 1. The van der Waals surface area contributed by atoms with E-state index in [1.54, 1.807) is 23.1 Å². The van der Waals surface area contributed by atoms with Gasteiger partial charge in [0.05, 0.1) is 28.3 Å². The number of halogens is 1. The predicted molar refractivity (Wildman–Crippen MR) is 123 cm³/mol. The molecule has 0 amide bonds. The fourth-order valence-electron chi connectivity index (χ4n) is 3.98. The van der Waals surface area contributed by atoms with E-state index < -0.39 is 11.0 Å². The van der Waals surface area contributed by atoms with E-state index in [0.29, 0.717) is 22.8 Å². The molecule has 1 unspecified atom stereocenters. The van der Waals surface area contributed by atoms with Gasteiger partial charge in [0.1, 0.15) is 11.6 Å². The highest BCUT2D eigenvalue weighted by molar-refractivity contribution is 7.82. The molecule has 0 saturated heterocycles. The lowest BCUT2D eigenvalue weighted by atomic mass is 9.84. The second-order valence-corrected chi connectivity index (χ2v) is 9.70. The van der Waals surface area contributed by atoms with Gasteiger partial charge in [-0.25, -0.2) is 23.3 Å². The molecule has 1 aromatic carbocycles. The van der Waals surface area contributed by atoms with Crippen LogP contribution in [0.3, 0.4) is 0 Å². The smallest absolute Gasteiger partial charge is 0.178 e. The van der Waals surface area contributed by atoms with E-state index in [1.807, 2.05) is 25.4 Å². The van der Waals surface area contributed by atoms with Crippen LogP contribution in [0, 0.1) is 11.7 Å². The molecule has 166 valence electrons. The van der Waals surface area contributed by atoms with Crippen LogP contribution in [-0.2, 0) is 24.6 Å². The van der Waals surface area contributed by atoms with Crippen LogP contribution in [0.1, 0.15) is 31.2 Å². The summed E-state index contributed by atoms with van der Waals surface area (Å²) < 4.78 is 31.7.